The van der Waals surface area contributed by atoms with Gasteiger partial charge in [-0.1, -0.05) is 0 Å². The molecule has 0 bridgehead atoms. The predicted octanol–water partition coefficient (Wildman–Crippen LogP) is 2.40. The number of hydrogen-bond donors (Lipinski definition) is 1. The van der Waals surface area contributed by atoms with Crippen molar-refractivity contribution in [3.63, 3.8) is 0 Å². The lowest BCUT2D eigenvalue weighted by atomic mass is 9.78. The quantitative estimate of drug-likeness (QED) is 0.732. The second-order valence-electron chi connectivity index (χ2n) is 8.94. The number of alkyl halides is 3. The van der Waals surface area contributed by atoms with Crippen molar-refractivity contribution >= 4 is 17.5 Å². The number of piperidine rings is 1. The van der Waals surface area contributed by atoms with Crippen LogP contribution in [0.5, 0.6) is 0 Å². The number of carbonyl (C=O) groups is 2. The van der Waals surface area contributed by atoms with Gasteiger partial charge in [0.2, 0.25) is 5.91 Å². The molecule has 2 amide bonds. The maximum Gasteiger partial charge on any atom is 0.417 e. The van der Waals surface area contributed by atoms with E-state index in [-0.39, 0.29) is 24.3 Å². The Balaban J connectivity index is 1.46. The molecule has 2 N–H and O–H groups in total. The number of benzene rings is 1. The topological polar surface area (TPSA) is 108 Å². The Morgan fingerprint density at radius 1 is 1.21 bits per heavy atom. The second kappa shape index (κ2) is 9.00. The van der Waals surface area contributed by atoms with Crippen molar-refractivity contribution in [2.75, 3.05) is 31.1 Å². The molecule has 4 rings (SSSR count). The van der Waals surface area contributed by atoms with Gasteiger partial charge in [-0.25, -0.2) is 4.98 Å². The fourth-order valence-corrected chi connectivity index (χ4v) is 5.15. The molecule has 2 saturated heterocycles. The van der Waals surface area contributed by atoms with E-state index < -0.39 is 29.1 Å². The normalized spacial score (nSPS) is 21.5. The van der Waals surface area contributed by atoms with Gasteiger partial charge in [-0.05, 0) is 42.9 Å². The minimum absolute atomic E-state index is 0.108. The molecule has 3 heterocycles. The number of likely N-dealkylation sites (tertiary alicyclic amines) is 1. The number of hydrogen-bond acceptors (Lipinski definition) is 5. The van der Waals surface area contributed by atoms with Crippen molar-refractivity contribution in [2.24, 2.45) is 30.5 Å². The zero-order chi connectivity index (χ0) is 24.6. The Bertz CT molecular complexity index is 1130. The average molecular weight is 474 g/mol. The van der Waals surface area contributed by atoms with Crippen molar-refractivity contribution in [1.82, 2.24) is 14.5 Å². The third-order valence-electron chi connectivity index (χ3n) is 6.99. The minimum Gasteiger partial charge on any atom is -0.372 e. The molecule has 0 unspecified atom stereocenters. The van der Waals surface area contributed by atoms with Gasteiger partial charge in [0.15, 0.2) is 0 Å². The number of primary amides is 1. The first kappa shape index (κ1) is 23.6. The first-order valence-electron chi connectivity index (χ1n) is 11.0. The highest BCUT2D eigenvalue weighted by atomic mass is 19.4. The third kappa shape index (κ3) is 4.44. The van der Waals surface area contributed by atoms with Crippen LogP contribution in [-0.2, 0) is 18.0 Å². The van der Waals surface area contributed by atoms with Gasteiger partial charge >= 0.3 is 6.18 Å². The Hall–Kier alpha value is -3.55. The minimum atomic E-state index is -4.61. The number of rotatable bonds is 4. The Morgan fingerprint density at radius 2 is 1.91 bits per heavy atom. The molecular formula is C23H25F3N6O2. The molecule has 2 aliphatic rings. The van der Waals surface area contributed by atoms with Crippen molar-refractivity contribution in [3.05, 3.63) is 47.5 Å². The van der Waals surface area contributed by atoms with Crippen molar-refractivity contribution < 1.29 is 22.8 Å². The van der Waals surface area contributed by atoms with E-state index in [0.29, 0.717) is 43.9 Å². The van der Waals surface area contributed by atoms with E-state index >= 15 is 0 Å². The first-order valence-corrected chi connectivity index (χ1v) is 11.0. The van der Waals surface area contributed by atoms with Gasteiger partial charge in [0.05, 0.1) is 35.6 Å². The van der Waals surface area contributed by atoms with E-state index in [4.69, 9.17) is 11.0 Å². The number of aromatic nitrogens is 2. The summed E-state index contributed by atoms with van der Waals surface area (Å²) in [4.78, 5) is 32.6. The molecular weight excluding hydrogens is 449 g/mol. The molecule has 2 aromatic rings. The summed E-state index contributed by atoms with van der Waals surface area (Å²) in [5.41, 5.74) is 5.17. The van der Waals surface area contributed by atoms with Crippen LogP contribution >= 0.6 is 0 Å². The molecule has 34 heavy (non-hydrogen) atoms. The predicted molar refractivity (Wildman–Crippen MR) is 116 cm³/mol. The van der Waals surface area contributed by atoms with Crippen LogP contribution < -0.4 is 10.6 Å². The number of nitriles is 1. The van der Waals surface area contributed by atoms with E-state index in [1.54, 1.807) is 22.6 Å². The van der Waals surface area contributed by atoms with Crippen LogP contribution in [0.4, 0.5) is 18.9 Å². The average Bonchev–Trinajstić information content (AvgIpc) is 3.44. The summed E-state index contributed by atoms with van der Waals surface area (Å²) in [5, 5.41) is 9.01. The van der Waals surface area contributed by atoms with Crippen molar-refractivity contribution in [1.29, 1.82) is 5.26 Å². The maximum absolute atomic E-state index is 13.3. The number of anilines is 1. The lowest BCUT2D eigenvalue weighted by molar-refractivity contribution is -0.137. The fourth-order valence-electron chi connectivity index (χ4n) is 5.15. The molecule has 11 heteroatoms. The maximum atomic E-state index is 13.3. The SMILES string of the molecule is Cn1cncc1C(=O)N1C[C@@H](C(N)=O)[C@H](C2CCN(c3ccc(C#N)c(C(F)(F)F)c3)CC2)C1. The summed E-state index contributed by atoms with van der Waals surface area (Å²) in [6, 6.07) is 5.35. The van der Waals surface area contributed by atoms with Crippen molar-refractivity contribution in [2.45, 2.75) is 19.0 Å². The van der Waals surface area contributed by atoms with Gasteiger partial charge < -0.3 is 20.1 Å². The van der Waals surface area contributed by atoms with Crippen LogP contribution in [0.3, 0.4) is 0 Å². The zero-order valence-electron chi connectivity index (χ0n) is 18.6. The van der Waals surface area contributed by atoms with Crippen LogP contribution in [0.2, 0.25) is 0 Å². The Labute approximate surface area is 194 Å². The van der Waals surface area contributed by atoms with Gasteiger partial charge in [0.1, 0.15) is 5.69 Å². The van der Waals surface area contributed by atoms with Gasteiger partial charge in [0.25, 0.3) is 5.91 Å². The van der Waals surface area contributed by atoms with E-state index in [0.717, 1.165) is 6.07 Å². The number of nitrogens with two attached hydrogens (primary N) is 1. The molecule has 8 nitrogen and oxygen atoms in total. The number of halogens is 3. The third-order valence-corrected chi connectivity index (χ3v) is 6.99. The van der Waals surface area contributed by atoms with Crippen LogP contribution in [0.15, 0.2) is 30.7 Å². The number of imidazole rings is 1. The molecule has 0 radical (unpaired) electrons. The largest absolute Gasteiger partial charge is 0.417 e. The molecule has 0 aliphatic carbocycles. The lowest BCUT2D eigenvalue weighted by Crippen LogP contribution is -2.40. The summed E-state index contributed by atoms with van der Waals surface area (Å²) in [5.74, 6) is -1.12. The molecule has 0 saturated carbocycles. The molecule has 180 valence electrons. The monoisotopic (exact) mass is 474 g/mol. The van der Waals surface area contributed by atoms with E-state index in [2.05, 4.69) is 4.98 Å². The number of aryl methyl sites for hydroxylation is 1. The summed E-state index contributed by atoms with van der Waals surface area (Å²) < 4.78 is 41.7. The summed E-state index contributed by atoms with van der Waals surface area (Å²) in [6.45, 7) is 1.66. The second-order valence-corrected chi connectivity index (χ2v) is 8.94. The number of carbonyl (C=O) groups excluding carboxylic acids is 2. The highest BCUT2D eigenvalue weighted by Gasteiger charge is 2.44. The van der Waals surface area contributed by atoms with Crippen LogP contribution in [-0.4, -0.2) is 52.4 Å². The van der Waals surface area contributed by atoms with Gasteiger partial charge in [-0.2, -0.15) is 18.4 Å². The van der Waals surface area contributed by atoms with Crippen LogP contribution in [0.25, 0.3) is 0 Å². The fraction of sp³-hybridized carbons (Fsp3) is 0.478. The molecule has 2 atom stereocenters. The van der Waals surface area contributed by atoms with E-state index in [9.17, 15) is 22.8 Å². The van der Waals surface area contributed by atoms with Gasteiger partial charge in [-0.15, -0.1) is 0 Å². The van der Waals surface area contributed by atoms with Crippen LogP contribution in [0, 0.1) is 29.1 Å². The van der Waals surface area contributed by atoms with Gasteiger partial charge in [0, 0.05) is 38.9 Å². The highest BCUT2D eigenvalue weighted by molar-refractivity contribution is 5.93. The summed E-state index contributed by atoms with van der Waals surface area (Å²) >= 11 is 0. The van der Waals surface area contributed by atoms with Crippen LogP contribution in [0.1, 0.15) is 34.5 Å². The van der Waals surface area contributed by atoms with E-state index in [1.807, 2.05) is 4.90 Å². The molecule has 2 fully saturated rings. The molecule has 2 aliphatic heterocycles. The zero-order valence-corrected chi connectivity index (χ0v) is 18.6. The lowest BCUT2D eigenvalue weighted by Gasteiger charge is -2.37. The standard InChI is InChI=1S/C23H25F3N6O2/c1-30-13-29-10-20(30)22(34)32-11-17(18(12-32)21(28)33)14-4-6-31(7-5-14)16-3-2-15(9-27)19(8-16)23(24,25)26/h2-3,8,10,13-14,17-18H,4-7,11-12H2,1H3,(H2,28,33)/t17-,18+/m0/s1. The Morgan fingerprint density at radius 3 is 2.47 bits per heavy atom. The summed E-state index contributed by atoms with van der Waals surface area (Å²) in [6.07, 6.45) is -0.273. The molecule has 1 aromatic carbocycles. The highest BCUT2D eigenvalue weighted by Crippen LogP contribution is 2.39. The summed E-state index contributed by atoms with van der Waals surface area (Å²) in [7, 11) is 1.72. The van der Waals surface area contributed by atoms with Crippen molar-refractivity contribution in [3.8, 4) is 6.07 Å². The smallest absolute Gasteiger partial charge is 0.372 e. The van der Waals surface area contributed by atoms with Gasteiger partial charge in [-0.3, -0.25) is 9.59 Å². The first-order chi connectivity index (χ1) is 16.1. The van der Waals surface area contributed by atoms with E-state index in [1.165, 1.54) is 24.7 Å². The number of amides is 2. The molecule has 1 aromatic heterocycles. The Kier molecular flexibility index (Phi) is 6.25. The molecule has 0 spiro atoms. The number of nitrogens with zero attached hydrogens (tertiary/aromatic N) is 5.